The number of hydrogen-bond acceptors (Lipinski definition) is 8. The summed E-state index contributed by atoms with van der Waals surface area (Å²) in [4.78, 5) is 10.9. The number of piperidine rings is 1. The van der Waals surface area contributed by atoms with Gasteiger partial charge in [-0.15, -0.1) is 0 Å². The Balaban J connectivity index is 1.59. The van der Waals surface area contributed by atoms with Crippen LogP contribution in [0.15, 0.2) is 52.4 Å². The molecular formula is C24H32N6O2. The average Bonchev–Trinajstić information content (AvgIpc) is 3.51. The molecule has 4 rings (SSSR count). The number of hydrogen-bond donors (Lipinski definition) is 3. The van der Waals surface area contributed by atoms with E-state index in [1.807, 2.05) is 19.1 Å². The van der Waals surface area contributed by atoms with Crippen molar-refractivity contribution < 1.29 is 9.63 Å². The van der Waals surface area contributed by atoms with Crippen molar-refractivity contribution in [2.75, 3.05) is 18.0 Å². The first kappa shape index (κ1) is 22.1. The van der Waals surface area contributed by atoms with E-state index in [4.69, 9.17) is 21.0 Å². The highest BCUT2D eigenvalue weighted by Crippen LogP contribution is 2.50. The molecule has 32 heavy (non-hydrogen) atoms. The van der Waals surface area contributed by atoms with E-state index in [1.54, 1.807) is 6.21 Å². The molecule has 0 spiro atoms. The fraction of sp³-hybridized carbons (Fsp3) is 0.458. The molecule has 1 aromatic heterocycles. The second-order valence-corrected chi connectivity index (χ2v) is 9.31. The maximum absolute atomic E-state index is 10.2. The van der Waals surface area contributed by atoms with Gasteiger partial charge in [0.05, 0.1) is 11.0 Å². The fourth-order valence-corrected chi connectivity index (χ4v) is 4.32. The van der Waals surface area contributed by atoms with Gasteiger partial charge in [0.25, 0.3) is 0 Å². The zero-order chi connectivity index (χ0) is 22.9. The van der Waals surface area contributed by atoms with E-state index in [2.05, 4.69) is 40.7 Å². The molecule has 0 bridgehead atoms. The molecule has 0 amide bonds. The number of nitrogens with zero attached hydrogens (tertiary/aromatic N) is 4. The van der Waals surface area contributed by atoms with Gasteiger partial charge in [0, 0.05) is 31.1 Å². The Morgan fingerprint density at radius 2 is 1.97 bits per heavy atom. The normalized spacial score (nSPS) is 21.0. The highest BCUT2D eigenvalue weighted by Gasteiger charge is 2.47. The summed E-state index contributed by atoms with van der Waals surface area (Å²) >= 11 is 0. The largest absolute Gasteiger partial charge is 0.404 e. The van der Waals surface area contributed by atoms with Gasteiger partial charge >= 0.3 is 6.01 Å². The molecule has 1 aromatic carbocycles. The first-order valence-electron chi connectivity index (χ1n) is 11.1. The van der Waals surface area contributed by atoms with E-state index in [0.717, 1.165) is 29.5 Å². The third-order valence-corrected chi connectivity index (χ3v) is 6.75. The molecule has 2 heterocycles. The molecule has 0 radical (unpaired) electrons. The quantitative estimate of drug-likeness (QED) is 0.570. The monoisotopic (exact) mass is 436 g/mol. The van der Waals surface area contributed by atoms with Crippen molar-refractivity contribution in [3.05, 3.63) is 59.8 Å². The summed E-state index contributed by atoms with van der Waals surface area (Å²) in [5, 5.41) is 14.6. The summed E-state index contributed by atoms with van der Waals surface area (Å²) in [6, 6.07) is 8.76. The molecule has 2 fully saturated rings. The summed E-state index contributed by atoms with van der Waals surface area (Å²) in [5.74, 6) is 1.40. The second-order valence-electron chi connectivity index (χ2n) is 9.31. The lowest BCUT2D eigenvalue weighted by atomic mass is 9.76. The molecule has 170 valence electrons. The third kappa shape index (κ3) is 4.41. The Hall–Kier alpha value is -3.13. The highest BCUT2D eigenvalue weighted by atomic mass is 16.5. The lowest BCUT2D eigenvalue weighted by Crippen LogP contribution is -2.42. The van der Waals surface area contributed by atoms with E-state index in [9.17, 15) is 5.11 Å². The Bertz CT molecular complexity index is 1030. The number of anilines is 1. The minimum absolute atomic E-state index is 0.229. The maximum Gasteiger partial charge on any atom is 0.324 e. The van der Waals surface area contributed by atoms with Gasteiger partial charge in [-0.3, -0.25) is 0 Å². The molecule has 2 aliphatic rings. The molecule has 1 aliphatic carbocycles. The number of benzene rings is 1. The second kappa shape index (κ2) is 8.43. The van der Waals surface area contributed by atoms with E-state index in [1.165, 1.54) is 6.20 Å². The lowest BCUT2D eigenvalue weighted by molar-refractivity contribution is 0.0341. The van der Waals surface area contributed by atoms with Crippen molar-refractivity contribution >= 4 is 17.8 Å². The van der Waals surface area contributed by atoms with Crippen LogP contribution >= 0.6 is 0 Å². The Morgan fingerprint density at radius 3 is 2.53 bits per heavy atom. The van der Waals surface area contributed by atoms with Crippen LogP contribution in [0.1, 0.15) is 56.5 Å². The van der Waals surface area contributed by atoms with Crippen molar-refractivity contribution in [2.24, 2.45) is 22.4 Å². The van der Waals surface area contributed by atoms with Crippen molar-refractivity contribution in [1.29, 1.82) is 0 Å². The Morgan fingerprint density at radius 1 is 1.31 bits per heavy atom. The van der Waals surface area contributed by atoms with Crippen LogP contribution in [-0.2, 0) is 5.41 Å². The molecular weight excluding hydrogens is 404 g/mol. The van der Waals surface area contributed by atoms with Crippen molar-refractivity contribution in [1.82, 2.24) is 10.1 Å². The van der Waals surface area contributed by atoms with E-state index in [0.29, 0.717) is 43.7 Å². The minimum Gasteiger partial charge on any atom is -0.404 e. The average molecular weight is 437 g/mol. The lowest BCUT2D eigenvalue weighted by Gasteiger charge is -2.34. The van der Waals surface area contributed by atoms with Crippen molar-refractivity contribution in [3.8, 4) is 0 Å². The topological polar surface area (TPSA) is 127 Å². The van der Waals surface area contributed by atoms with Crippen molar-refractivity contribution in [2.45, 2.75) is 50.5 Å². The summed E-state index contributed by atoms with van der Waals surface area (Å²) < 4.78 is 5.67. The molecule has 8 nitrogen and oxygen atoms in total. The van der Waals surface area contributed by atoms with Gasteiger partial charge in [-0.1, -0.05) is 36.0 Å². The van der Waals surface area contributed by atoms with Crippen LogP contribution in [0.3, 0.4) is 0 Å². The summed E-state index contributed by atoms with van der Waals surface area (Å²) in [5.41, 5.74) is 13.2. The number of aliphatic imine (C=N–C) groups is 1. The van der Waals surface area contributed by atoms with E-state index < -0.39 is 5.60 Å². The molecule has 1 unspecified atom stereocenters. The highest BCUT2D eigenvalue weighted by molar-refractivity contribution is 6.09. The SMILES string of the molecule is C=C(N)/N=C\C(=C/N)c1ccc(C(C)(c2noc(N3CCC(C)(O)CC3)n2)C2CC2)cc1. The van der Waals surface area contributed by atoms with Gasteiger partial charge in [-0.05, 0) is 56.6 Å². The number of rotatable bonds is 7. The summed E-state index contributed by atoms with van der Waals surface area (Å²) in [7, 11) is 0. The van der Waals surface area contributed by atoms with Crippen LogP contribution in [0.25, 0.3) is 5.57 Å². The molecule has 5 N–H and O–H groups in total. The van der Waals surface area contributed by atoms with E-state index in [-0.39, 0.29) is 11.2 Å². The molecule has 1 aliphatic heterocycles. The standard InChI is InChI=1S/C24H32N6O2/c1-16(26)27-15-18(14-25)17-4-6-19(7-5-17)24(3,20-8-9-20)21-28-22(32-29-21)30-12-10-23(2,31)11-13-30/h4-7,14-15,20,31H,1,8-13,25-26H2,2-3H3/b18-14+,27-15-. The predicted molar refractivity (Wildman–Crippen MR) is 126 cm³/mol. The number of nitrogens with two attached hydrogens (primary N) is 2. The number of aliphatic hydroxyl groups is 1. The Kier molecular flexibility index (Phi) is 5.81. The summed E-state index contributed by atoms with van der Waals surface area (Å²) in [6.07, 6.45) is 6.75. The zero-order valence-electron chi connectivity index (χ0n) is 18.8. The van der Waals surface area contributed by atoms with Crippen LogP contribution in [-0.4, -0.2) is 40.2 Å². The minimum atomic E-state index is -0.622. The van der Waals surface area contributed by atoms with Gasteiger partial charge in [-0.2, -0.15) is 4.98 Å². The molecule has 1 saturated heterocycles. The third-order valence-electron chi connectivity index (χ3n) is 6.75. The number of aromatic nitrogens is 2. The number of allylic oxidation sites excluding steroid dienone is 1. The van der Waals surface area contributed by atoms with Gasteiger partial charge in [-0.25, -0.2) is 4.99 Å². The first-order valence-corrected chi connectivity index (χ1v) is 11.1. The van der Waals surface area contributed by atoms with Crippen LogP contribution in [0.2, 0.25) is 0 Å². The van der Waals surface area contributed by atoms with Crippen molar-refractivity contribution in [3.63, 3.8) is 0 Å². The Labute approximate surface area is 188 Å². The van der Waals surface area contributed by atoms with Crippen LogP contribution in [0.5, 0.6) is 0 Å². The zero-order valence-corrected chi connectivity index (χ0v) is 18.8. The first-order chi connectivity index (χ1) is 15.2. The van der Waals surface area contributed by atoms with Gasteiger partial charge < -0.3 is 26.0 Å². The van der Waals surface area contributed by atoms with Crippen LogP contribution in [0, 0.1) is 5.92 Å². The van der Waals surface area contributed by atoms with Gasteiger partial charge in [0.1, 0.15) is 5.82 Å². The summed E-state index contributed by atoms with van der Waals surface area (Å²) in [6.45, 7) is 9.05. The maximum atomic E-state index is 10.2. The molecule has 2 aromatic rings. The molecule has 1 saturated carbocycles. The molecule has 8 heteroatoms. The predicted octanol–water partition coefficient (Wildman–Crippen LogP) is 2.94. The van der Waals surface area contributed by atoms with Crippen LogP contribution < -0.4 is 16.4 Å². The van der Waals surface area contributed by atoms with E-state index >= 15 is 0 Å². The van der Waals surface area contributed by atoms with Gasteiger partial charge in [0.15, 0.2) is 5.82 Å². The molecule has 1 atom stereocenters. The smallest absolute Gasteiger partial charge is 0.324 e. The van der Waals surface area contributed by atoms with Gasteiger partial charge in [0.2, 0.25) is 0 Å². The fourth-order valence-electron chi connectivity index (χ4n) is 4.32. The van der Waals surface area contributed by atoms with Crippen LogP contribution in [0.4, 0.5) is 6.01 Å².